The van der Waals surface area contributed by atoms with Gasteiger partial charge in [-0.15, -0.1) is 0 Å². The molecule has 0 fully saturated rings. The first-order valence-corrected chi connectivity index (χ1v) is 4.92. The molecule has 0 aromatic carbocycles. The second-order valence-corrected chi connectivity index (χ2v) is 3.90. The molecule has 19 heavy (non-hydrogen) atoms. The van der Waals surface area contributed by atoms with Gasteiger partial charge in [0.05, 0.1) is 12.8 Å². The van der Waals surface area contributed by atoms with Crippen LogP contribution in [0.3, 0.4) is 0 Å². The number of esters is 1. The van der Waals surface area contributed by atoms with Gasteiger partial charge >= 0.3 is 23.9 Å². The van der Waals surface area contributed by atoms with Crippen molar-refractivity contribution >= 4 is 17.9 Å². The standard InChI is InChI=1S/C9H14O10/c1-4(9(16,17)18)19-6(12)3-8(15,7(13)14)2-5(10)11/h4,15-18H,2-3H2,1H3,(H,10,11)(H,13,14). The molecule has 2 unspecified atom stereocenters. The molecule has 10 nitrogen and oxygen atoms in total. The number of rotatable bonds is 7. The second-order valence-electron chi connectivity index (χ2n) is 3.90. The van der Waals surface area contributed by atoms with Gasteiger partial charge in [-0.3, -0.25) is 9.59 Å². The lowest BCUT2D eigenvalue weighted by atomic mass is 9.96. The lowest BCUT2D eigenvalue weighted by Gasteiger charge is -2.25. The molecule has 0 aliphatic carbocycles. The third-order valence-corrected chi connectivity index (χ3v) is 2.13. The van der Waals surface area contributed by atoms with Gasteiger partial charge in [0.2, 0.25) is 0 Å². The Morgan fingerprint density at radius 2 is 1.53 bits per heavy atom. The summed E-state index contributed by atoms with van der Waals surface area (Å²) in [7, 11) is 0. The smallest absolute Gasteiger partial charge is 0.336 e. The molecular formula is C9H14O10. The quantitative estimate of drug-likeness (QED) is 0.211. The Balaban J connectivity index is 4.75. The van der Waals surface area contributed by atoms with Crippen LogP contribution in [0, 0.1) is 0 Å². The Morgan fingerprint density at radius 3 is 1.84 bits per heavy atom. The third-order valence-electron chi connectivity index (χ3n) is 2.13. The molecule has 0 amide bonds. The number of carboxylic acids is 2. The number of aliphatic carboxylic acids is 2. The van der Waals surface area contributed by atoms with Crippen molar-refractivity contribution < 1.29 is 49.8 Å². The number of hydrogen-bond donors (Lipinski definition) is 6. The Labute approximate surface area is 106 Å². The molecule has 110 valence electrons. The second kappa shape index (κ2) is 5.93. The highest BCUT2D eigenvalue weighted by Gasteiger charge is 2.42. The maximum Gasteiger partial charge on any atom is 0.336 e. The maximum absolute atomic E-state index is 11.2. The van der Waals surface area contributed by atoms with Crippen molar-refractivity contribution in [2.75, 3.05) is 0 Å². The first-order chi connectivity index (χ1) is 8.38. The minimum absolute atomic E-state index is 0.884. The van der Waals surface area contributed by atoms with E-state index in [2.05, 4.69) is 4.74 Å². The van der Waals surface area contributed by atoms with Crippen LogP contribution in [0.4, 0.5) is 0 Å². The van der Waals surface area contributed by atoms with Gasteiger partial charge in [-0.25, -0.2) is 4.79 Å². The summed E-state index contributed by atoms with van der Waals surface area (Å²) in [5, 5.41) is 52.5. The van der Waals surface area contributed by atoms with E-state index < -0.39 is 48.4 Å². The van der Waals surface area contributed by atoms with Crippen LogP contribution in [-0.2, 0) is 19.1 Å². The van der Waals surface area contributed by atoms with E-state index in [1.165, 1.54) is 0 Å². The van der Waals surface area contributed by atoms with E-state index in [1.54, 1.807) is 0 Å². The van der Waals surface area contributed by atoms with E-state index in [1.807, 2.05) is 0 Å². The van der Waals surface area contributed by atoms with E-state index in [9.17, 15) is 19.5 Å². The Kier molecular flexibility index (Phi) is 5.38. The predicted octanol–water partition coefficient (Wildman–Crippen LogP) is -2.77. The van der Waals surface area contributed by atoms with Crippen LogP contribution in [0.2, 0.25) is 0 Å². The fourth-order valence-electron chi connectivity index (χ4n) is 1.02. The lowest BCUT2D eigenvalue weighted by Crippen LogP contribution is -2.46. The normalized spacial score (nSPS) is 16.3. The fourth-order valence-corrected chi connectivity index (χ4v) is 1.02. The molecule has 0 aromatic rings. The SMILES string of the molecule is CC(OC(=O)CC(O)(CC(=O)O)C(=O)O)C(O)(O)O. The molecule has 0 bridgehead atoms. The van der Waals surface area contributed by atoms with Gasteiger partial charge in [0.1, 0.15) is 0 Å². The zero-order chi connectivity index (χ0) is 15.4. The molecule has 2 atom stereocenters. The minimum Gasteiger partial charge on any atom is -0.481 e. The molecule has 0 rings (SSSR count). The van der Waals surface area contributed by atoms with Crippen molar-refractivity contribution in [2.24, 2.45) is 0 Å². The van der Waals surface area contributed by atoms with Crippen LogP contribution >= 0.6 is 0 Å². The summed E-state index contributed by atoms with van der Waals surface area (Å²) in [5.74, 6) is -8.39. The van der Waals surface area contributed by atoms with Crippen molar-refractivity contribution in [3.63, 3.8) is 0 Å². The van der Waals surface area contributed by atoms with Crippen molar-refractivity contribution in [3.05, 3.63) is 0 Å². The van der Waals surface area contributed by atoms with Crippen molar-refractivity contribution in [1.29, 1.82) is 0 Å². The Hall–Kier alpha value is -1.75. The van der Waals surface area contributed by atoms with Gasteiger partial charge in [-0.1, -0.05) is 0 Å². The Morgan fingerprint density at radius 1 is 1.05 bits per heavy atom. The average Bonchev–Trinajstić information content (AvgIpc) is 2.13. The van der Waals surface area contributed by atoms with Gasteiger partial charge < -0.3 is 35.4 Å². The molecule has 0 aromatic heterocycles. The highest BCUT2D eigenvalue weighted by atomic mass is 16.7. The summed E-state index contributed by atoms with van der Waals surface area (Å²) < 4.78 is 4.24. The van der Waals surface area contributed by atoms with E-state index in [0.29, 0.717) is 0 Å². The highest BCUT2D eigenvalue weighted by molar-refractivity contribution is 5.88. The number of carboxylic acid groups (broad SMARTS) is 2. The van der Waals surface area contributed by atoms with E-state index >= 15 is 0 Å². The van der Waals surface area contributed by atoms with Crippen LogP contribution in [0.5, 0.6) is 0 Å². The minimum atomic E-state index is -3.34. The van der Waals surface area contributed by atoms with Gasteiger partial charge in [-0.2, -0.15) is 0 Å². The molecule has 0 saturated carbocycles. The number of hydrogen-bond acceptors (Lipinski definition) is 8. The van der Waals surface area contributed by atoms with E-state index in [4.69, 9.17) is 25.5 Å². The first-order valence-electron chi connectivity index (χ1n) is 4.92. The largest absolute Gasteiger partial charge is 0.481 e. The summed E-state index contributed by atoms with van der Waals surface area (Å²) in [6.07, 6.45) is -4.33. The van der Waals surface area contributed by atoms with Crippen LogP contribution in [0.25, 0.3) is 0 Å². The molecule has 10 heteroatoms. The highest BCUT2D eigenvalue weighted by Crippen LogP contribution is 2.18. The molecular weight excluding hydrogens is 268 g/mol. The van der Waals surface area contributed by atoms with Gasteiger partial charge in [-0.05, 0) is 6.92 Å². The van der Waals surface area contributed by atoms with Crippen LogP contribution in [0.15, 0.2) is 0 Å². The summed E-state index contributed by atoms with van der Waals surface area (Å²) >= 11 is 0. The molecule has 6 N–H and O–H groups in total. The average molecular weight is 282 g/mol. The number of aliphatic hydroxyl groups is 4. The zero-order valence-corrected chi connectivity index (χ0v) is 9.81. The third kappa shape index (κ3) is 5.61. The van der Waals surface area contributed by atoms with Gasteiger partial charge in [0.15, 0.2) is 11.7 Å². The zero-order valence-electron chi connectivity index (χ0n) is 9.81. The van der Waals surface area contributed by atoms with Crippen LogP contribution < -0.4 is 0 Å². The van der Waals surface area contributed by atoms with Crippen molar-refractivity contribution in [3.8, 4) is 0 Å². The Bertz CT molecular complexity index is 370. The first kappa shape index (κ1) is 17.2. The lowest BCUT2D eigenvalue weighted by molar-refractivity contribution is -0.352. The summed E-state index contributed by atoms with van der Waals surface area (Å²) in [6, 6.07) is 0. The van der Waals surface area contributed by atoms with E-state index in [0.717, 1.165) is 6.92 Å². The number of carbonyl (C=O) groups excluding carboxylic acids is 1. The van der Waals surface area contributed by atoms with Gasteiger partial charge in [0.25, 0.3) is 0 Å². The van der Waals surface area contributed by atoms with Crippen LogP contribution in [-0.4, -0.2) is 66.2 Å². The number of carbonyl (C=O) groups is 3. The fraction of sp³-hybridized carbons (Fsp3) is 0.667. The van der Waals surface area contributed by atoms with Gasteiger partial charge in [0, 0.05) is 0 Å². The van der Waals surface area contributed by atoms with Crippen molar-refractivity contribution in [2.45, 2.75) is 37.4 Å². The maximum atomic E-state index is 11.2. The topological polar surface area (TPSA) is 182 Å². The molecule has 0 saturated heterocycles. The summed E-state index contributed by atoms with van der Waals surface area (Å²) in [5.41, 5.74) is -2.90. The number of ether oxygens (including phenoxy) is 1. The molecule has 0 heterocycles. The predicted molar refractivity (Wildman–Crippen MR) is 54.4 cm³/mol. The summed E-state index contributed by atoms with van der Waals surface area (Å²) in [4.78, 5) is 32.3. The van der Waals surface area contributed by atoms with Crippen LogP contribution in [0.1, 0.15) is 19.8 Å². The molecule has 0 spiro atoms. The monoisotopic (exact) mass is 282 g/mol. The molecule has 0 aliphatic heterocycles. The van der Waals surface area contributed by atoms with E-state index in [-0.39, 0.29) is 0 Å². The summed E-state index contributed by atoms with van der Waals surface area (Å²) in [6.45, 7) is 0.884. The van der Waals surface area contributed by atoms with Crippen molar-refractivity contribution in [1.82, 2.24) is 0 Å². The molecule has 0 aliphatic rings. The molecule has 0 radical (unpaired) electrons.